The Labute approximate surface area is 142 Å². The maximum absolute atomic E-state index is 13.6. The predicted octanol–water partition coefficient (Wildman–Crippen LogP) is 2.73. The normalized spacial score (nSPS) is 12.7. The summed E-state index contributed by atoms with van der Waals surface area (Å²) in [6, 6.07) is 8.45. The van der Waals surface area contributed by atoms with Crippen molar-refractivity contribution in [1.82, 2.24) is 0 Å². The minimum atomic E-state index is -3.80. The number of hydrogen-bond acceptors (Lipinski definition) is 4. The topological polar surface area (TPSA) is 89.3 Å². The summed E-state index contributed by atoms with van der Waals surface area (Å²) in [6.45, 7) is 1.57. The van der Waals surface area contributed by atoms with Gasteiger partial charge in [-0.3, -0.25) is 4.79 Å². The van der Waals surface area contributed by atoms with E-state index in [1.807, 2.05) is 0 Å². The number of nitrogens with one attached hydrogen (secondary N) is 1. The molecule has 1 atom stereocenters. The molecule has 9 heteroatoms. The van der Waals surface area contributed by atoms with Crippen LogP contribution in [0, 0.1) is 11.6 Å². The van der Waals surface area contributed by atoms with Gasteiger partial charge < -0.3 is 5.32 Å². The molecule has 0 heterocycles. The van der Waals surface area contributed by atoms with E-state index in [9.17, 15) is 22.0 Å². The van der Waals surface area contributed by atoms with Gasteiger partial charge in [-0.25, -0.2) is 22.3 Å². The van der Waals surface area contributed by atoms with Gasteiger partial charge in [0.25, 0.3) is 0 Å². The molecule has 0 bridgehead atoms. The van der Waals surface area contributed by atoms with Crippen LogP contribution in [0.1, 0.15) is 6.92 Å². The Hall–Kier alpha value is -1.97. The quantitative estimate of drug-likeness (QED) is 0.790. The summed E-state index contributed by atoms with van der Waals surface area (Å²) in [5.41, 5.74) is 0.374. The van der Waals surface area contributed by atoms with E-state index in [2.05, 4.69) is 5.32 Å². The van der Waals surface area contributed by atoms with E-state index in [4.69, 9.17) is 5.14 Å². The van der Waals surface area contributed by atoms with Crippen LogP contribution in [0.2, 0.25) is 0 Å². The lowest BCUT2D eigenvalue weighted by Crippen LogP contribution is -2.22. The van der Waals surface area contributed by atoms with Crippen molar-refractivity contribution in [3.05, 3.63) is 54.1 Å². The fraction of sp³-hybridized carbons (Fsp3) is 0.133. The lowest BCUT2D eigenvalue weighted by atomic mass is 10.3. The summed E-state index contributed by atoms with van der Waals surface area (Å²) in [4.78, 5) is 12.2. The zero-order chi connectivity index (χ0) is 17.9. The second kappa shape index (κ2) is 7.29. The number of thioether (sulfide) groups is 1. The minimum Gasteiger partial charge on any atom is -0.325 e. The Kier molecular flexibility index (Phi) is 5.58. The standard InChI is InChI=1S/C15H14F2N2O3S2/c1-9(23-14-7-2-10(16)8-13(14)17)15(20)19-11-3-5-12(6-4-11)24(18,21)22/h2-9H,1H3,(H,19,20)(H2,18,21,22). The summed E-state index contributed by atoms with van der Waals surface area (Å²) < 4.78 is 48.8. The largest absolute Gasteiger partial charge is 0.325 e. The van der Waals surface area contributed by atoms with E-state index in [1.54, 1.807) is 6.92 Å². The highest BCUT2D eigenvalue weighted by molar-refractivity contribution is 8.00. The number of sulfonamides is 1. The van der Waals surface area contributed by atoms with Crippen LogP contribution >= 0.6 is 11.8 Å². The summed E-state index contributed by atoms with van der Waals surface area (Å²) >= 11 is 0.944. The second-order valence-corrected chi connectivity index (χ2v) is 7.84. The molecule has 2 rings (SSSR count). The Morgan fingerprint density at radius 1 is 1.17 bits per heavy atom. The van der Waals surface area contributed by atoms with Gasteiger partial charge in [-0.2, -0.15) is 0 Å². The lowest BCUT2D eigenvalue weighted by Gasteiger charge is -2.12. The molecule has 0 aliphatic heterocycles. The van der Waals surface area contributed by atoms with Crippen molar-refractivity contribution in [2.24, 2.45) is 5.14 Å². The number of hydrogen-bond donors (Lipinski definition) is 2. The maximum atomic E-state index is 13.6. The van der Waals surface area contributed by atoms with Gasteiger partial charge in [0.2, 0.25) is 15.9 Å². The van der Waals surface area contributed by atoms with Gasteiger partial charge in [-0.15, -0.1) is 11.8 Å². The summed E-state index contributed by atoms with van der Waals surface area (Å²) in [5.74, 6) is -1.84. The number of carbonyl (C=O) groups excluding carboxylic acids is 1. The van der Waals surface area contributed by atoms with Crippen LogP contribution in [0.4, 0.5) is 14.5 Å². The van der Waals surface area contributed by atoms with Gasteiger partial charge in [0, 0.05) is 16.6 Å². The highest BCUT2D eigenvalue weighted by atomic mass is 32.2. The molecule has 1 unspecified atom stereocenters. The SMILES string of the molecule is CC(Sc1ccc(F)cc1F)C(=O)Nc1ccc(S(N)(=O)=O)cc1. The average molecular weight is 372 g/mol. The molecule has 0 aliphatic carbocycles. The van der Waals surface area contributed by atoms with Crippen molar-refractivity contribution in [3.63, 3.8) is 0 Å². The summed E-state index contributed by atoms with van der Waals surface area (Å²) in [7, 11) is -3.80. The molecule has 24 heavy (non-hydrogen) atoms. The third-order valence-corrected chi connectivity index (χ3v) is 5.10. The van der Waals surface area contributed by atoms with Crippen molar-refractivity contribution in [2.75, 3.05) is 5.32 Å². The number of nitrogens with two attached hydrogens (primary N) is 1. The molecule has 0 aliphatic rings. The van der Waals surface area contributed by atoms with Gasteiger partial charge in [-0.05, 0) is 43.3 Å². The second-order valence-electron chi connectivity index (χ2n) is 4.89. The Morgan fingerprint density at radius 2 is 1.79 bits per heavy atom. The molecular formula is C15H14F2N2O3S2. The lowest BCUT2D eigenvalue weighted by molar-refractivity contribution is -0.115. The number of carbonyl (C=O) groups is 1. The van der Waals surface area contributed by atoms with Crippen LogP contribution in [0.15, 0.2) is 52.3 Å². The fourth-order valence-corrected chi connectivity index (χ4v) is 3.17. The first-order valence-electron chi connectivity index (χ1n) is 6.72. The van der Waals surface area contributed by atoms with E-state index in [-0.39, 0.29) is 9.79 Å². The van der Waals surface area contributed by atoms with Crippen LogP contribution in [-0.4, -0.2) is 19.6 Å². The Morgan fingerprint density at radius 3 is 2.33 bits per heavy atom. The number of amides is 1. The monoisotopic (exact) mass is 372 g/mol. The summed E-state index contributed by atoms with van der Waals surface area (Å²) in [5, 5.41) is 6.92. The maximum Gasteiger partial charge on any atom is 0.238 e. The molecule has 5 nitrogen and oxygen atoms in total. The third-order valence-electron chi connectivity index (χ3n) is 3.02. The van der Waals surface area contributed by atoms with Gasteiger partial charge >= 0.3 is 0 Å². The highest BCUT2D eigenvalue weighted by Crippen LogP contribution is 2.27. The van der Waals surface area contributed by atoms with Crippen molar-refractivity contribution in [3.8, 4) is 0 Å². The number of primary sulfonamides is 1. The molecule has 2 aromatic carbocycles. The molecule has 0 saturated heterocycles. The molecule has 0 aromatic heterocycles. The Balaban J connectivity index is 2.03. The van der Waals surface area contributed by atoms with Crippen LogP contribution in [-0.2, 0) is 14.8 Å². The van der Waals surface area contributed by atoms with Crippen LogP contribution in [0.25, 0.3) is 0 Å². The van der Waals surface area contributed by atoms with Crippen molar-refractivity contribution < 1.29 is 22.0 Å². The minimum absolute atomic E-state index is 0.0729. The fourth-order valence-electron chi connectivity index (χ4n) is 1.79. The zero-order valence-corrected chi connectivity index (χ0v) is 14.1. The molecule has 2 aromatic rings. The summed E-state index contributed by atoms with van der Waals surface area (Å²) in [6.07, 6.45) is 0. The van der Waals surface area contributed by atoms with E-state index >= 15 is 0 Å². The first-order chi connectivity index (χ1) is 11.2. The first kappa shape index (κ1) is 18.4. The zero-order valence-electron chi connectivity index (χ0n) is 12.5. The average Bonchev–Trinajstić information content (AvgIpc) is 2.49. The van der Waals surface area contributed by atoms with Crippen LogP contribution in [0.3, 0.4) is 0 Å². The van der Waals surface area contributed by atoms with Gasteiger partial charge in [-0.1, -0.05) is 0 Å². The van der Waals surface area contributed by atoms with Crippen LogP contribution in [0.5, 0.6) is 0 Å². The number of rotatable bonds is 5. The molecule has 1 amide bonds. The number of halogens is 2. The first-order valence-corrected chi connectivity index (χ1v) is 9.15. The van der Waals surface area contributed by atoms with Gasteiger partial charge in [0.1, 0.15) is 11.6 Å². The predicted molar refractivity (Wildman–Crippen MR) is 88.1 cm³/mol. The van der Waals surface area contributed by atoms with Gasteiger partial charge in [0.15, 0.2) is 0 Å². The van der Waals surface area contributed by atoms with Crippen molar-refractivity contribution in [2.45, 2.75) is 22.0 Å². The highest BCUT2D eigenvalue weighted by Gasteiger charge is 2.17. The van der Waals surface area contributed by atoms with E-state index in [1.165, 1.54) is 30.3 Å². The van der Waals surface area contributed by atoms with Crippen molar-refractivity contribution in [1.29, 1.82) is 0 Å². The molecule has 3 N–H and O–H groups in total. The molecule has 0 spiro atoms. The number of benzene rings is 2. The van der Waals surface area contributed by atoms with E-state index in [0.29, 0.717) is 5.69 Å². The van der Waals surface area contributed by atoms with Gasteiger partial charge in [0.05, 0.1) is 10.1 Å². The molecule has 128 valence electrons. The van der Waals surface area contributed by atoms with E-state index in [0.717, 1.165) is 23.9 Å². The molecule has 0 saturated carbocycles. The number of anilines is 1. The molecule has 0 radical (unpaired) electrons. The molecular weight excluding hydrogens is 358 g/mol. The molecule has 0 fully saturated rings. The Bertz CT molecular complexity index is 856. The smallest absolute Gasteiger partial charge is 0.238 e. The third kappa shape index (κ3) is 4.76. The van der Waals surface area contributed by atoms with E-state index < -0.39 is 32.8 Å². The van der Waals surface area contributed by atoms with Crippen molar-refractivity contribution >= 4 is 33.4 Å². The van der Waals surface area contributed by atoms with Crippen LogP contribution < -0.4 is 10.5 Å².